The number of hydrogen-bond acceptors (Lipinski definition) is 2. The van der Waals surface area contributed by atoms with Crippen molar-refractivity contribution in [2.75, 3.05) is 0 Å². The molecule has 1 amide bonds. The molecule has 0 aromatic heterocycles. The molecule has 0 aliphatic carbocycles. The number of rotatable bonds is 4. The largest absolute Gasteiger partial charge is 0.487 e. The average Bonchev–Trinajstić information content (AvgIpc) is 2.54. The molecule has 3 rings (SSSR count). The van der Waals surface area contributed by atoms with E-state index in [1.54, 1.807) is 0 Å². The quantitative estimate of drug-likeness (QED) is 0.881. The zero-order chi connectivity index (χ0) is 18.0. The van der Waals surface area contributed by atoms with E-state index in [1.165, 1.54) is 16.7 Å². The van der Waals surface area contributed by atoms with Gasteiger partial charge in [0, 0.05) is 18.4 Å². The average molecular weight is 337 g/mol. The van der Waals surface area contributed by atoms with Crippen molar-refractivity contribution >= 4 is 5.91 Å². The molecule has 1 heterocycles. The van der Waals surface area contributed by atoms with E-state index in [2.05, 4.69) is 69.4 Å². The Balaban J connectivity index is 1.68. The Bertz CT molecular complexity index is 762. The van der Waals surface area contributed by atoms with Crippen molar-refractivity contribution in [1.82, 2.24) is 5.32 Å². The number of hydrogen-bond donors (Lipinski definition) is 1. The number of fused-ring (bicyclic) bond motifs is 1. The van der Waals surface area contributed by atoms with Crippen molar-refractivity contribution < 1.29 is 9.53 Å². The third-order valence-corrected chi connectivity index (χ3v) is 4.72. The standard InChI is InChI=1S/C22H27NO2/c1-15-5-8-17(9-6-15)10-12-21(24)23-19-14-22(3,4)25-20-11-7-16(2)13-18(19)20/h5-9,11,13,19H,10,12,14H2,1-4H3,(H,23,24)/t19-/m1/s1. The second-order valence-corrected chi connectivity index (χ2v) is 7.71. The SMILES string of the molecule is Cc1ccc(CCC(=O)N[C@@H]2CC(C)(C)Oc3ccc(C)cc32)cc1. The normalized spacial score (nSPS) is 18.2. The Kier molecular flexibility index (Phi) is 4.85. The van der Waals surface area contributed by atoms with Gasteiger partial charge in [0.1, 0.15) is 11.4 Å². The summed E-state index contributed by atoms with van der Waals surface area (Å²) in [5.41, 5.74) is 4.43. The Morgan fingerprint density at radius 3 is 2.52 bits per heavy atom. The maximum absolute atomic E-state index is 12.5. The summed E-state index contributed by atoms with van der Waals surface area (Å²) in [6.07, 6.45) is 2.04. The predicted molar refractivity (Wildman–Crippen MR) is 101 cm³/mol. The molecule has 1 aliphatic heterocycles. The summed E-state index contributed by atoms with van der Waals surface area (Å²) in [6, 6.07) is 14.6. The maximum atomic E-state index is 12.5. The van der Waals surface area contributed by atoms with Crippen molar-refractivity contribution in [3.63, 3.8) is 0 Å². The number of aryl methyl sites for hydroxylation is 3. The van der Waals surface area contributed by atoms with Gasteiger partial charge >= 0.3 is 0 Å². The van der Waals surface area contributed by atoms with Gasteiger partial charge in [-0.15, -0.1) is 0 Å². The van der Waals surface area contributed by atoms with E-state index in [-0.39, 0.29) is 17.6 Å². The summed E-state index contributed by atoms with van der Waals surface area (Å²) in [5, 5.41) is 3.22. The lowest BCUT2D eigenvalue weighted by molar-refractivity contribution is -0.122. The van der Waals surface area contributed by atoms with E-state index < -0.39 is 0 Å². The van der Waals surface area contributed by atoms with Crippen molar-refractivity contribution in [2.24, 2.45) is 0 Å². The predicted octanol–water partition coefficient (Wildman–Crippen LogP) is 4.65. The highest BCUT2D eigenvalue weighted by Crippen LogP contribution is 2.39. The summed E-state index contributed by atoms with van der Waals surface area (Å²) in [5.74, 6) is 0.974. The van der Waals surface area contributed by atoms with E-state index in [0.717, 1.165) is 24.2 Å². The van der Waals surface area contributed by atoms with Crippen LogP contribution in [0.25, 0.3) is 0 Å². The van der Waals surface area contributed by atoms with E-state index in [1.807, 2.05) is 6.07 Å². The van der Waals surface area contributed by atoms with Crippen LogP contribution >= 0.6 is 0 Å². The molecule has 0 saturated heterocycles. The molecule has 0 bridgehead atoms. The van der Waals surface area contributed by atoms with Crippen molar-refractivity contribution in [3.05, 3.63) is 64.7 Å². The number of amides is 1. The maximum Gasteiger partial charge on any atom is 0.220 e. The lowest BCUT2D eigenvalue weighted by atomic mass is 9.89. The van der Waals surface area contributed by atoms with Gasteiger partial charge in [-0.3, -0.25) is 4.79 Å². The topological polar surface area (TPSA) is 38.3 Å². The molecule has 2 aromatic carbocycles. The smallest absolute Gasteiger partial charge is 0.220 e. The van der Waals surface area contributed by atoms with E-state index in [4.69, 9.17) is 4.74 Å². The Hall–Kier alpha value is -2.29. The van der Waals surface area contributed by atoms with Gasteiger partial charge in [0.25, 0.3) is 0 Å². The first-order valence-corrected chi connectivity index (χ1v) is 8.97. The molecule has 3 nitrogen and oxygen atoms in total. The Morgan fingerprint density at radius 2 is 1.80 bits per heavy atom. The van der Waals surface area contributed by atoms with E-state index in [9.17, 15) is 4.79 Å². The third-order valence-electron chi connectivity index (χ3n) is 4.72. The monoisotopic (exact) mass is 337 g/mol. The summed E-state index contributed by atoms with van der Waals surface area (Å²) in [7, 11) is 0. The van der Waals surface area contributed by atoms with Crippen molar-refractivity contribution in [1.29, 1.82) is 0 Å². The van der Waals surface area contributed by atoms with Crippen LogP contribution in [0.3, 0.4) is 0 Å². The highest BCUT2D eigenvalue weighted by atomic mass is 16.5. The molecule has 0 radical (unpaired) electrons. The van der Waals surface area contributed by atoms with Gasteiger partial charge in [0.2, 0.25) is 5.91 Å². The second-order valence-electron chi connectivity index (χ2n) is 7.71. The van der Waals surface area contributed by atoms with Crippen molar-refractivity contribution in [2.45, 2.75) is 58.6 Å². The minimum Gasteiger partial charge on any atom is -0.487 e. The van der Waals surface area contributed by atoms with Crippen LogP contribution in [0.1, 0.15) is 55.0 Å². The molecule has 0 spiro atoms. The van der Waals surface area contributed by atoms with Crippen LogP contribution in [-0.4, -0.2) is 11.5 Å². The minimum atomic E-state index is -0.281. The minimum absolute atomic E-state index is 0.00386. The fourth-order valence-electron chi connectivity index (χ4n) is 3.38. The summed E-state index contributed by atoms with van der Waals surface area (Å²) in [4.78, 5) is 12.5. The molecule has 25 heavy (non-hydrogen) atoms. The lowest BCUT2D eigenvalue weighted by Gasteiger charge is -2.38. The van der Waals surface area contributed by atoms with Gasteiger partial charge in [-0.2, -0.15) is 0 Å². The first-order chi connectivity index (χ1) is 11.8. The van der Waals surface area contributed by atoms with Crippen LogP contribution in [0, 0.1) is 13.8 Å². The molecule has 3 heteroatoms. The van der Waals surface area contributed by atoms with Gasteiger partial charge < -0.3 is 10.1 Å². The fraction of sp³-hybridized carbons (Fsp3) is 0.409. The van der Waals surface area contributed by atoms with Gasteiger partial charge in [-0.05, 0) is 45.7 Å². The molecular formula is C22H27NO2. The van der Waals surface area contributed by atoms with Crippen LogP contribution in [0.4, 0.5) is 0 Å². The van der Waals surface area contributed by atoms with Crippen LogP contribution < -0.4 is 10.1 Å². The van der Waals surface area contributed by atoms with Crippen molar-refractivity contribution in [3.8, 4) is 5.75 Å². The third kappa shape index (κ3) is 4.41. The van der Waals surface area contributed by atoms with Crippen LogP contribution in [0.15, 0.2) is 42.5 Å². The molecule has 132 valence electrons. The molecule has 2 aromatic rings. The molecule has 1 atom stereocenters. The van der Waals surface area contributed by atoms with E-state index in [0.29, 0.717) is 6.42 Å². The van der Waals surface area contributed by atoms with Crippen LogP contribution in [0.2, 0.25) is 0 Å². The first-order valence-electron chi connectivity index (χ1n) is 8.97. The number of carbonyl (C=O) groups is 1. The highest BCUT2D eigenvalue weighted by Gasteiger charge is 2.34. The van der Waals surface area contributed by atoms with Gasteiger partial charge in [0.05, 0.1) is 6.04 Å². The molecular weight excluding hydrogens is 310 g/mol. The lowest BCUT2D eigenvalue weighted by Crippen LogP contribution is -2.41. The first kappa shape index (κ1) is 17.5. The fourth-order valence-corrected chi connectivity index (χ4v) is 3.38. The second kappa shape index (κ2) is 6.91. The highest BCUT2D eigenvalue weighted by molar-refractivity contribution is 5.77. The Morgan fingerprint density at radius 1 is 1.12 bits per heavy atom. The van der Waals surface area contributed by atoms with Crippen LogP contribution in [-0.2, 0) is 11.2 Å². The van der Waals surface area contributed by atoms with Gasteiger partial charge in [-0.25, -0.2) is 0 Å². The Labute approximate surface area is 150 Å². The number of ether oxygens (including phenoxy) is 1. The van der Waals surface area contributed by atoms with E-state index >= 15 is 0 Å². The number of nitrogens with one attached hydrogen (secondary N) is 1. The summed E-state index contributed by atoms with van der Waals surface area (Å²) in [6.45, 7) is 8.28. The van der Waals surface area contributed by atoms with Crippen LogP contribution in [0.5, 0.6) is 5.75 Å². The summed E-state index contributed by atoms with van der Waals surface area (Å²) < 4.78 is 6.08. The van der Waals surface area contributed by atoms with Gasteiger partial charge in [0.15, 0.2) is 0 Å². The van der Waals surface area contributed by atoms with Gasteiger partial charge in [-0.1, -0.05) is 47.5 Å². The molecule has 1 aliphatic rings. The zero-order valence-corrected chi connectivity index (χ0v) is 15.6. The number of benzene rings is 2. The molecule has 0 fully saturated rings. The summed E-state index contributed by atoms with van der Waals surface area (Å²) >= 11 is 0. The molecule has 0 unspecified atom stereocenters. The zero-order valence-electron chi connectivity index (χ0n) is 15.6. The molecule has 1 N–H and O–H groups in total. The molecule has 0 saturated carbocycles. The number of carbonyl (C=O) groups excluding carboxylic acids is 1.